The Bertz CT molecular complexity index is 327. The molecule has 52 valence electrons. The first-order chi connectivity index (χ1) is 6.90. The lowest BCUT2D eigenvalue weighted by molar-refractivity contribution is -0.142. The first-order valence-corrected chi connectivity index (χ1v) is 2.63. The number of hydrogen-bond donors (Lipinski definition) is 1. The predicted molar refractivity (Wildman–Crippen MR) is 34.2 cm³/mol. The molecule has 1 fully saturated rings. The van der Waals surface area contributed by atoms with Crippen molar-refractivity contribution in [3.05, 3.63) is 0 Å². The summed E-state index contributed by atoms with van der Waals surface area (Å²) in [6.07, 6.45) is -9.63. The molecule has 2 nitrogen and oxygen atoms in total. The van der Waals surface area contributed by atoms with E-state index in [4.69, 9.17) is 14.7 Å². The first kappa shape index (κ1) is 1.97. The molecule has 1 atom stereocenters. The molecule has 1 aliphatic carbocycles. The minimum atomic E-state index is -3.09. The van der Waals surface area contributed by atoms with Gasteiger partial charge in [-0.25, -0.2) is 0 Å². The summed E-state index contributed by atoms with van der Waals surface area (Å²) in [7, 11) is 0. The fourth-order valence-electron chi connectivity index (χ4n) is 0.593. The van der Waals surface area contributed by atoms with Crippen molar-refractivity contribution in [2.45, 2.75) is 32.0 Å². The Kier molecular flexibility index (Phi) is 0.626. The van der Waals surface area contributed by atoms with Gasteiger partial charge in [-0.1, -0.05) is 19.2 Å². The Hall–Kier alpha value is -0.530. The molecular weight excluding hydrogens is 116 g/mol. The first-order valence-electron chi connectivity index (χ1n) is 6.13. The van der Waals surface area contributed by atoms with Crippen LogP contribution in [0.25, 0.3) is 0 Å². The normalized spacial score (nSPS) is 64.2. The van der Waals surface area contributed by atoms with E-state index in [1.165, 1.54) is 0 Å². The van der Waals surface area contributed by atoms with E-state index < -0.39 is 43.8 Å². The van der Waals surface area contributed by atoms with Gasteiger partial charge in [-0.15, -0.1) is 0 Å². The van der Waals surface area contributed by atoms with Crippen LogP contribution in [0.4, 0.5) is 0 Å². The van der Waals surface area contributed by atoms with Gasteiger partial charge in [0.25, 0.3) is 0 Å². The zero-order chi connectivity index (χ0) is 13.0. The Morgan fingerprint density at radius 3 is 3.22 bits per heavy atom. The minimum Gasteiger partial charge on any atom is -0.481 e. The molecule has 0 amide bonds. The molecule has 0 aromatic carbocycles. The molecular formula is C7H12O2. The van der Waals surface area contributed by atoms with Crippen molar-refractivity contribution in [2.75, 3.05) is 0 Å². The number of carbonyl (C=O) groups is 1. The zero-order valence-electron chi connectivity index (χ0n) is 11.8. The molecule has 1 saturated carbocycles. The van der Waals surface area contributed by atoms with Crippen LogP contribution in [-0.4, -0.2) is 11.1 Å². The molecule has 0 aromatic heterocycles. The number of carboxylic acid groups (broad SMARTS) is 1. The third-order valence-electron chi connectivity index (χ3n) is 1.06. The van der Waals surface area contributed by atoms with Crippen LogP contribution in [-0.2, 0) is 4.79 Å². The van der Waals surface area contributed by atoms with Crippen molar-refractivity contribution >= 4 is 5.97 Å². The van der Waals surface area contributed by atoms with Crippen LogP contribution in [0.15, 0.2) is 0 Å². The van der Waals surface area contributed by atoms with E-state index in [-0.39, 0.29) is 0 Å². The summed E-state index contributed by atoms with van der Waals surface area (Å²) >= 11 is 0. The van der Waals surface area contributed by atoms with Crippen molar-refractivity contribution in [3.63, 3.8) is 0 Å². The highest BCUT2D eigenvalue weighted by atomic mass is 16.4. The Morgan fingerprint density at radius 2 is 2.56 bits per heavy atom. The van der Waals surface area contributed by atoms with Gasteiger partial charge in [0.05, 0.1) is 5.89 Å². The molecule has 1 aliphatic rings. The standard InChI is InChI=1S/C7H12O2/c8-7(9)6-4-2-1-3-5-6/h6H,1-5H2,(H,8,9)/i1D2,2D2,4D2,6D. The highest BCUT2D eigenvalue weighted by Crippen LogP contribution is 2.23. The zero-order valence-corrected chi connectivity index (χ0v) is 4.77. The van der Waals surface area contributed by atoms with Crippen LogP contribution in [0, 0.1) is 5.89 Å². The monoisotopic (exact) mass is 135 g/mol. The summed E-state index contributed by atoms with van der Waals surface area (Å²) in [4.78, 5) is 10.9. The molecule has 0 aliphatic heterocycles. The van der Waals surface area contributed by atoms with Gasteiger partial charge in [0, 0.05) is 9.60 Å². The largest absolute Gasteiger partial charge is 0.481 e. The second-order valence-corrected chi connectivity index (χ2v) is 1.71. The lowest BCUT2D eigenvalue weighted by Gasteiger charge is -2.16. The predicted octanol–water partition coefficient (Wildman–Crippen LogP) is 1.65. The molecule has 1 unspecified atom stereocenters. The van der Waals surface area contributed by atoms with Gasteiger partial charge in [0.2, 0.25) is 0 Å². The third kappa shape index (κ3) is 1.70. The number of hydrogen-bond acceptors (Lipinski definition) is 1. The Balaban J connectivity index is 3.33. The van der Waals surface area contributed by atoms with Crippen molar-refractivity contribution < 1.29 is 19.5 Å². The maximum absolute atomic E-state index is 10.9. The van der Waals surface area contributed by atoms with Gasteiger partial charge in [-0.3, -0.25) is 4.79 Å². The second-order valence-electron chi connectivity index (χ2n) is 1.71. The summed E-state index contributed by atoms with van der Waals surface area (Å²) in [5.74, 6) is -4.42. The molecule has 1 rings (SSSR count). The van der Waals surface area contributed by atoms with Crippen molar-refractivity contribution in [3.8, 4) is 0 Å². The van der Waals surface area contributed by atoms with Crippen LogP contribution in [0.3, 0.4) is 0 Å². The molecule has 0 bridgehead atoms. The summed E-state index contributed by atoms with van der Waals surface area (Å²) in [6.45, 7) is 0. The SMILES string of the molecule is [2H]C1([2H])CCC([2H])(C(=O)O)C([2H])([2H])C1([2H])[2H]. The van der Waals surface area contributed by atoms with Crippen LogP contribution in [0.2, 0.25) is 0 Å². The smallest absolute Gasteiger partial charge is 0.306 e. The highest BCUT2D eigenvalue weighted by molar-refractivity contribution is 5.69. The second kappa shape index (κ2) is 2.85. The maximum Gasteiger partial charge on any atom is 0.306 e. The van der Waals surface area contributed by atoms with Crippen molar-refractivity contribution in [1.82, 2.24) is 0 Å². The van der Waals surface area contributed by atoms with Gasteiger partial charge in [0.15, 0.2) is 0 Å². The van der Waals surface area contributed by atoms with Crippen LogP contribution >= 0.6 is 0 Å². The third-order valence-corrected chi connectivity index (χ3v) is 1.06. The van der Waals surface area contributed by atoms with E-state index in [0.717, 1.165) is 0 Å². The maximum atomic E-state index is 10.9. The highest BCUT2D eigenvalue weighted by Gasteiger charge is 2.19. The molecule has 0 radical (unpaired) electrons. The molecule has 2 heteroatoms. The summed E-state index contributed by atoms with van der Waals surface area (Å²) < 4.78 is 52.0. The lowest BCUT2D eigenvalue weighted by Crippen LogP contribution is -2.16. The fourth-order valence-corrected chi connectivity index (χ4v) is 0.593. The Labute approximate surface area is 64.7 Å². The minimum absolute atomic E-state index is 0.491. The van der Waals surface area contributed by atoms with Gasteiger partial charge in [0.1, 0.15) is 0 Å². The molecule has 0 saturated heterocycles. The van der Waals surface area contributed by atoms with Crippen LogP contribution in [0.1, 0.15) is 41.6 Å². The topological polar surface area (TPSA) is 37.3 Å². The molecule has 0 heterocycles. The summed E-state index contributed by atoms with van der Waals surface area (Å²) in [5.41, 5.74) is 0. The van der Waals surface area contributed by atoms with Gasteiger partial charge in [-0.05, 0) is 12.8 Å². The van der Waals surface area contributed by atoms with E-state index in [9.17, 15) is 4.79 Å². The van der Waals surface area contributed by atoms with E-state index in [1.54, 1.807) is 0 Å². The number of aliphatic carboxylic acids is 1. The van der Waals surface area contributed by atoms with Gasteiger partial charge >= 0.3 is 5.97 Å². The number of carboxylic acids is 1. The molecule has 9 heavy (non-hydrogen) atoms. The molecule has 1 N–H and O–H groups in total. The number of rotatable bonds is 1. The van der Waals surface area contributed by atoms with E-state index in [1.807, 2.05) is 0 Å². The molecule has 0 spiro atoms. The van der Waals surface area contributed by atoms with Gasteiger partial charge < -0.3 is 5.11 Å². The Morgan fingerprint density at radius 1 is 1.78 bits per heavy atom. The average molecular weight is 135 g/mol. The molecule has 0 aromatic rings. The van der Waals surface area contributed by atoms with Crippen LogP contribution in [0.5, 0.6) is 0 Å². The lowest BCUT2D eigenvalue weighted by atomic mass is 9.90. The van der Waals surface area contributed by atoms with E-state index in [0.29, 0.717) is 0 Å². The summed E-state index contributed by atoms with van der Waals surface area (Å²) in [6, 6.07) is 0. The summed E-state index contributed by atoms with van der Waals surface area (Å²) in [5, 5.41) is 8.82. The fraction of sp³-hybridized carbons (Fsp3) is 0.857. The van der Waals surface area contributed by atoms with Crippen molar-refractivity contribution in [2.24, 2.45) is 5.89 Å². The van der Waals surface area contributed by atoms with E-state index >= 15 is 0 Å². The average Bonchev–Trinajstić information content (AvgIpc) is 2.11. The van der Waals surface area contributed by atoms with Crippen molar-refractivity contribution in [1.29, 1.82) is 0 Å². The van der Waals surface area contributed by atoms with Crippen LogP contribution < -0.4 is 0 Å². The van der Waals surface area contributed by atoms with Gasteiger partial charge in [-0.2, -0.15) is 0 Å². The van der Waals surface area contributed by atoms with E-state index in [2.05, 4.69) is 0 Å². The quantitative estimate of drug-likeness (QED) is 0.593.